The monoisotopic (exact) mass is 529 g/mol. The van der Waals surface area contributed by atoms with Crippen molar-refractivity contribution in [3.05, 3.63) is 87.9 Å². The van der Waals surface area contributed by atoms with Gasteiger partial charge in [0.05, 0.1) is 36.2 Å². The Kier molecular flexibility index (Phi) is 7.67. The Balaban J connectivity index is 1.57. The first kappa shape index (κ1) is 26.0. The van der Waals surface area contributed by atoms with E-state index in [9.17, 15) is 22.8 Å². The smallest absolute Gasteiger partial charge is 0.416 e. The molecule has 0 spiro atoms. The van der Waals surface area contributed by atoms with E-state index in [1.807, 2.05) is 6.92 Å². The summed E-state index contributed by atoms with van der Waals surface area (Å²) in [4.78, 5) is 33.5. The summed E-state index contributed by atoms with van der Waals surface area (Å²) < 4.78 is 47.5. The molecule has 4 rings (SSSR count). The van der Waals surface area contributed by atoms with E-state index in [-0.39, 0.29) is 36.5 Å². The molecule has 0 aliphatic carbocycles. The van der Waals surface area contributed by atoms with Gasteiger partial charge >= 0.3 is 12.1 Å². The molecule has 0 atom stereocenters. The second-order valence-electron chi connectivity index (χ2n) is 7.98. The lowest BCUT2D eigenvalue weighted by Gasteiger charge is -2.12. The number of pyridine rings is 1. The largest absolute Gasteiger partial charge is 0.462 e. The predicted molar refractivity (Wildman–Crippen MR) is 130 cm³/mol. The minimum atomic E-state index is -4.58. The molecule has 0 saturated heterocycles. The number of aryl methyl sites for hydroxylation is 1. The highest BCUT2D eigenvalue weighted by Gasteiger charge is 2.31. The Bertz CT molecular complexity index is 1420. The Hall–Kier alpha value is -4.06. The summed E-state index contributed by atoms with van der Waals surface area (Å²) in [6.45, 7) is 3.87. The van der Waals surface area contributed by atoms with Crippen molar-refractivity contribution in [3.63, 3.8) is 0 Å². The van der Waals surface area contributed by atoms with Crippen LogP contribution < -0.4 is 5.32 Å². The van der Waals surface area contributed by atoms with Gasteiger partial charge in [-0.1, -0.05) is 6.07 Å². The van der Waals surface area contributed by atoms with Gasteiger partial charge in [0, 0.05) is 29.4 Å². The molecule has 0 radical (unpaired) electrons. The minimum absolute atomic E-state index is 0.118. The average molecular weight is 530 g/mol. The van der Waals surface area contributed by atoms with Crippen molar-refractivity contribution in [1.82, 2.24) is 25.1 Å². The maximum atomic E-state index is 13.7. The Labute approximate surface area is 214 Å². The van der Waals surface area contributed by atoms with Crippen LogP contribution in [0.25, 0.3) is 10.6 Å². The van der Waals surface area contributed by atoms with E-state index < -0.39 is 23.6 Å². The Morgan fingerprint density at radius 1 is 1.19 bits per heavy atom. The molecule has 192 valence electrons. The molecule has 0 aliphatic rings. The van der Waals surface area contributed by atoms with Gasteiger partial charge in [0.1, 0.15) is 10.7 Å². The molecule has 1 amide bonds. The third-order valence-corrected chi connectivity index (χ3v) is 6.33. The van der Waals surface area contributed by atoms with Crippen molar-refractivity contribution in [2.45, 2.75) is 33.1 Å². The lowest BCUT2D eigenvalue weighted by molar-refractivity contribution is -0.137. The van der Waals surface area contributed by atoms with Gasteiger partial charge in [-0.3, -0.25) is 14.5 Å². The van der Waals surface area contributed by atoms with Gasteiger partial charge < -0.3 is 10.1 Å². The predicted octanol–water partition coefficient (Wildman–Crippen LogP) is 4.88. The van der Waals surface area contributed by atoms with Crippen LogP contribution in [0, 0.1) is 6.92 Å². The van der Waals surface area contributed by atoms with Gasteiger partial charge in [0.2, 0.25) is 0 Å². The summed E-state index contributed by atoms with van der Waals surface area (Å²) in [6, 6.07) is 8.44. The highest BCUT2D eigenvalue weighted by atomic mass is 32.1. The fourth-order valence-corrected chi connectivity index (χ4v) is 4.38. The minimum Gasteiger partial charge on any atom is -0.462 e. The van der Waals surface area contributed by atoms with Crippen LogP contribution in [0.15, 0.2) is 55.0 Å². The van der Waals surface area contributed by atoms with E-state index in [0.717, 1.165) is 17.0 Å². The fourth-order valence-electron chi connectivity index (χ4n) is 3.47. The van der Waals surface area contributed by atoms with Gasteiger partial charge in [0.15, 0.2) is 0 Å². The molecule has 3 heterocycles. The molecule has 0 aliphatic heterocycles. The van der Waals surface area contributed by atoms with Crippen LogP contribution in [0.2, 0.25) is 0 Å². The number of aromatic nitrogens is 4. The van der Waals surface area contributed by atoms with Crippen molar-refractivity contribution in [2.75, 3.05) is 6.61 Å². The fraction of sp³-hybridized carbons (Fsp3) is 0.240. The van der Waals surface area contributed by atoms with Crippen LogP contribution >= 0.6 is 11.3 Å². The van der Waals surface area contributed by atoms with Crippen molar-refractivity contribution >= 4 is 23.2 Å². The topological polar surface area (TPSA) is 99.0 Å². The summed E-state index contributed by atoms with van der Waals surface area (Å²) >= 11 is 1.25. The highest BCUT2D eigenvalue weighted by Crippen LogP contribution is 2.35. The maximum Gasteiger partial charge on any atom is 0.416 e. The Morgan fingerprint density at radius 3 is 2.70 bits per heavy atom. The van der Waals surface area contributed by atoms with E-state index >= 15 is 0 Å². The molecular weight excluding hydrogens is 507 g/mol. The second kappa shape index (κ2) is 10.9. The first-order valence-electron chi connectivity index (χ1n) is 11.2. The number of hydrogen-bond acceptors (Lipinski definition) is 7. The quantitative estimate of drug-likeness (QED) is 0.327. The maximum absolute atomic E-state index is 13.7. The van der Waals surface area contributed by atoms with E-state index in [1.165, 1.54) is 40.7 Å². The molecule has 0 fully saturated rings. The van der Waals surface area contributed by atoms with Gasteiger partial charge in [0.25, 0.3) is 5.91 Å². The zero-order chi connectivity index (χ0) is 26.6. The van der Waals surface area contributed by atoms with Gasteiger partial charge in [-0.25, -0.2) is 9.78 Å². The molecular formula is C25H22F3N5O3S. The third-order valence-electron chi connectivity index (χ3n) is 5.27. The van der Waals surface area contributed by atoms with Crippen LogP contribution in [-0.4, -0.2) is 38.2 Å². The number of nitrogens with zero attached hydrogens (tertiary/aromatic N) is 4. The van der Waals surface area contributed by atoms with Gasteiger partial charge in [-0.05, 0) is 49.7 Å². The molecule has 0 bridgehead atoms. The molecule has 1 N–H and O–H groups in total. The zero-order valence-corrected chi connectivity index (χ0v) is 20.7. The Morgan fingerprint density at radius 2 is 2.00 bits per heavy atom. The number of thiazole rings is 1. The number of carbonyl (C=O) groups excluding carboxylic acids is 2. The van der Waals surface area contributed by atoms with Crippen LogP contribution in [0.5, 0.6) is 0 Å². The van der Waals surface area contributed by atoms with Gasteiger partial charge in [-0.15, -0.1) is 11.3 Å². The third kappa shape index (κ3) is 6.39. The SMILES string of the molecule is CCOC(=O)c1cnn(Cc2nc(-c3cc(CNC(=O)c4ccccn4)cc(C(F)(F)F)c3)sc2C)c1. The first-order chi connectivity index (χ1) is 17.6. The summed E-state index contributed by atoms with van der Waals surface area (Å²) in [5.74, 6) is -0.982. The second-order valence-corrected chi connectivity index (χ2v) is 9.19. The molecule has 8 nitrogen and oxygen atoms in total. The van der Waals surface area contributed by atoms with Crippen LogP contribution in [0.3, 0.4) is 0 Å². The molecule has 1 aromatic carbocycles. The van der Waals surface area contributed by atoms with Crippen molar-refractivity contribution in [2.24, 2.45) is 0 Å². The first-order valence-corrected chi connectivity index (χ1v) is 12.0. The number of benzene rings is 1. The van der Waals surface area contributed by atoms with Gasteiger partial charge in [-0.2, -0.15) is 18.3 Å². The summed E-state index contributed by atoms with van der Waals surface area (Å²) in [5, 5.41) is 7.15. The van der Waals surface area contributed by atoms with Crippen LogP contribution in [0.1, 0.15) is 49.5 Å². The van der Waals surface area contributed by atoms with Crippen molar-refractivity contribution in [1.29, 1.82) is 0 Å². The van der Waals surface area contributed by atoms with Crippen LogP contribution in [-0.2, 0) is 24.0 Å². The lowest BCUT2D eigenvalue weighted by atomic mass is 10.1. The number of rotatable bonds is 8. The normalized spacial score (nSPS) is 11.4. The summed E-state index contributed by atoms with van der Waals surface area (Å²) in [5.41, 5.74) is 0.789. The number of carbonyl (C=O) groups is 2. The van der Waals surface area contributed by atoms with E-state index in [1.54, 1.807) is 25.1 Å². The number of ether oxygens (including phenoxy) is 1. The lowest BCUT2D eigenvalue weighted by Crippen LogP contribution is -2.24. The summed E-state index contributed by atoms with van der Waals surface area (Å²) in [6.07, 6.45) is -0.202. The molecule has 12 heteroatoms. The standard InChI is InChI=1S/C25H22F3N5O3S/c1-3-36-24(35)18-12-31-33(13-18)14-21-15(2)37-23(32-21)17-8-16(9-19(10-17)25(26,27)28)11-30-22(34)20-6-4-5-7-29-20/h4-10,12-13H,3,11,14H2,1-2H3,(H,30,34). The van der Waals surface area contributed by atoms with E-state index in [2.05, 4.69) is 20.4 Å². The number of alkyl halides is 3. The number of hydrogen-bond donors (Lipinski definition) is 1. The summed E-state index contributed by atoms with van der Waals surface area (Å²) in [7, 11) is 0. The number of halogens is 3. The van der Waals surface area contributed by atoms with E-state index in [4.69, 9.17) is 4.74 Å². The molecule has 4 aromatic rings. The molecule has 0 saturated carbocycles. The molecule has 37 heavy (non-hydrogen) atoms. The molecule has 3 aromatic heterocycles. The van der Waals surface area contributed by atoms with Crippen molar-refractivity contribution < 1.29 is 27.5 Å². The molecule has 0 unspecified atom stereocenters. The van der Waals surface area contributed by atoms with Crippen LogP contribution in [0.4, 0.5) is 13.2 Å². The average Bonchev–Trinajstić information content (AvgIpc) is 3.49. The number of esters is 1. The number of nitrogens with one attached hydrogen (secondary N) is 1. The zero-order valence-electron chi connectivity index (χ0n) is 19.9. The number of amides is 1. The van der Waals surface area contributed by atoms with Crippen molar-refractivity contribution in [3.8, 4) is 10.6 Å². The highest BCUT2D eigenvalue weighted by molar-refractivity contribution is 7.15. The van der Waals surface area contributed by atoms with E-state index in [0.29, 0.717) is 16.3 Å².